The molecule has 3 aromatic rings. The van der Waals surface area contributed by atoms with E-state index in [1.54, 1.807) is 30.5 Å². The second-order valence-electron chi connectivity index (χ2n) is 5.44. The van der Waals surface area contributed by atoms with Gasteiger partial charge in [0, 0.05) is 22.6 Å². The zero-order valence-electron chi connectivity index (χ0n) is 13.6. The molecule has 5 nitrogen and oxygen atoms in total. The van der Waals surface area contributed by atoms with Crippen LogP contribution in [0.5, 0.6) is 0 Å². The average Bonchev–Trinajstić information content (AvgIpc) is 3.20. The summed E-state index contributed by atoms with van der Waals surface area (Å²) < 4.78 is 20.3. The number of furan rings is 1. The lowest BCUT2D eigenvalue weighted by molar-refractivity contribution is 0.0927. The molecule has 0 saturated carbocycles. The molecule has 2 aromatic heterocycles. The van der Waals surface area contributed by atoms with Crippen molar-refractivity contribution < 1.29 is 13.6 Å². The number of aryl methyl sites for hydroxylation is 1. The van der Waals surface area contributed by atoms with Gasteiger partial charge in [0.15, 0.2) is 5.76 Å². The van der Waals surface area contributed by atoms with Crippen molar-refractivity contribution >= 4 is 23.7 Å². The Labute approximate surface area is 148 Å². The molecule has 1 amide bonds. The summed E-state index contributed by atoms with van der Waals surface area (Å²) in [5.74, 6) is -0.709. The highest BCUT2D eigenvalue weighted by atomic mass is 35.5. The van der Waals surface area contributed by atoms with E-state index in [1.807, 2.05) is 24.5 Å². The van der Waals surface area contributed by atoms with Gasteiger partial charge in [-0.2, -0.15) is 5.10 Å². The topological polar surface area (TPSA) is 59.5 Å². The minimum atomic E-state index is -0.463. The second kappa shape index (κ2) is 6.94. The lowest BCUT2D eigenvalue weighted by Gasteiger charge is -2.10. The monoisotopic (exact) mass is 359 g/mol. The molecular formula is C18H15ClFN3O2. The summed E-state index contributed by atoms with van der Waals surface area (Å²) in [5.41, 5.74) is 5.79. The highest BCUT2D eigenvalue weighted by Gasteiger charge is 2.11. The van der Waals surface area contributed by atoms with Crippen molar-refractivity contribution in [3.8, 4) is 5.69 Å². The molecule has 0 bridgehead atoms. The summed E-state index contributed by atoms with van der Waals surface area (Å²) in [4.78, 5) is 11.8. The van der Waals surface area contributed by atoms with E-state index in [0.717, 1.165) is 22.6 Å². The molecule has 128 valence electrons. The molecule has 0 radical (unpaired) electrons. The number of nitrogens with zero attached hydrogens (tertiary/aromatic N) is 2. The van der Waals surface area contributed by atoms with Crippen LogP contribution >= 0.6 is 11.6 Å². The minimum Gasteiger partial charge on any atom is -0.459 e. The zero-order valence-corrected chi connectivity index (χ0v) is 14.3. The third-order valence-corrected chi connectivity index (χ3v) is 4.04. The molecule has 0 saturated heterocycles. The van der Waals surface area contributed by atoms with Gasteiger partial charge >= 0.3 is 5.91 Å². The Morgan fingerprint density at radius 1 is 1.32 bits per heavy atom. The molecule has 7 heteroatoms. The number of hydrazone groups is 1. The lowest BCUT2D eigenvalue weighted by Crippen LogP contribution is -2.16. The number of benzene rings is 1. The fourth-order valence-electron chi connectivity index (χ4n) is 2.56. The van der Waals surface area contributed by atoms with E-state index in [4.69, 9.17) is 16.0 Å². The fourth-order valence-corrected chi connectivity index (χ4v) is 2.74. The van der Waals surface area contributed by atoms with Crippen molar-refractivity contribution in [2.75, 3.05) is 0 Å². The first-order valence-corrected chi connectivity index (χ1v) is 7.86. The maximum atomic E-state index is 13.4. The molecule has 0 aliphatic carbocycles. The van der Waals surface area contributed by atoms with E-state index < -0.39 is 11.7 Å². The number of hydrogen-bond donors (Lipinski definition) is 1. The standard InChI is InChI=1S/C18H15ClFN3O2/c1-11-8-13(10-21-22-18(24)17-4-3-7-25-17)12(2)23(11)14-5-6-16(20)15(19)9-14/h3-10H,1-2H3,(H,22,24)/b21-10-. The molecule has 1 N–H and O–H groups in total. The molecule has 0 aliphatic rings. The highest BCUT2D eigenvalue weighted by Crippen LogP contribution is 2.24. The van der Waals surface area contributed by atoms with Crippen LogP contribution in [0, 0.1) is 19.7 Å². The van der Waals surface area contributed by atoms with Gasteiger partial charge in [-0.15, -0.1) is 0 Å². The van der Waals surface area contributed by atoms with Crippen LogP contribution in [0.15, 0.2) is 52.2 Å². The molecule has 25 heavy (non-hydrogen) atoms. The van der Waals surface area contributed by atoms with Crippen LogP contribution in [-0.2, 0) is 0 Å². The van der Waals surface area contributed by atoms with Crippen molar-refractivity contribution in [2.45, 2.75) is 13.8 Å². The fraction of sp³-hybridized carbons (Fsp3) is 0.111. The summed E-state index contributed by atoms with van der Waals surface area (Å²) >= 11 is 5.87. The van der Waals surface area contributed by atoms with Crippen molar-refractivity contribution in [3.05, 3.63) is 76.2 Å². The first kappa shape index (κ1) is 17.0. The Balaban J connectivity index is 1.83. The van der Waals surface area contributed by atoms with Gasteiger partial charge in [0.2, 0.25) is 0 Å². The predicted octanol–water partition coefficient (Wildman–Crippen LogP) is 4.24. The van der Waals surface area contributed by atoms with Crippen molar-refractivity contribution in [1.29, 1.82) is 0 Å². The van der Waals surface area contributed by atoms with Crippen LogP contribution in [0.4, 0.5) is 4.39 Å². The SMILES string of the molecule is Cc1cc(/C=N\NC(=O)c2ccco2)c(C)n1-c1ccc(F)c(Cl)c1. The molecule has 3 rings (SSSR count). The number of rotatable bonds is 4. The quantitative estimate of drug-likeness (QED) is 0.559. The Kier molecular flexibility index (Phi) is 4.72. The number of halogens is 2. The first-order valence-electron chi connectivity index (χ1n) is 7.48. The average molecular weight is 360 g/mol. The third kappa shape index (κ3) is 3.49. The van der Waals surface area contributed by atoms with E-state index in [0.29, 0.717) is 0 Å². The van der Waals surface area contributed by atoms with Gasteiger partial charge in [0.1, 0.15) is 5.82 Å². The van der Waals surface area contributed by atoms with Crippen LogP contribution in [0.25, 0.3) is 5.69 Å². The molecule has 0 fully saturated rings. The summed E-state index contributed by atoms with van der Waals surface area (Å²) in [6.45, 7) is 3.82. The highest BCUT2D eigenvalue weighted by molar-refractivity contribution is 6.30. The normalized spacial score (nSPS) is 11.2. The van der Waals surface area contributed by atoms with E-state index in [9.17, 15) is 9.18 Å². The largest absolute Gasteiger partial charge is 0.459 e. The second-order valence-corrected chi connectivity index (χ2v) is 5.84. The molecule has 0 aliphatic heterocycles. The van der Waals surface area contributed by atoms with Crippen LogP contribution < -0.4 is 5.43 Å². The minimum absolute atomic E-state index is 0.0610. The number of amides is 1. The van der Waals surface area contributed by atoms with Crippen LogP contribution in [0.3, 0.4) is 0 Å². The third-order valence-electron chi connectivity index (χ3n) is 3.75. The van der Waals surface area contributed by atoms with Gasteiger partial charge in [-0.1, -0.05) is 11.6 Å². The zero-order chi connectivity index (χ0) is 18.0. The summed E-state index contributed by atoms with van der Waals surface area (Å²) in [7, 11) is 0. The van der Waals surface area contributed by atoms with Crippen molar-refractivity contribution in [1.82, 2.24) is 9.99 Å². The van der Waals surface area contributed by atoms with Gasteiger partial charge in [0.25, 0.3) is 0 Å². The van der Waals surface area contributed by atoms with Crippen molar-refractivity contribution in [2.24, 2.45) is 5.10 Å². The number of carbonyl (C=O) groups excluding carboxylic acids is 1. The summed E-state index contributed by atoms with van der Waals surface area (Å²) in [6, 6.07) is 9.63. The Morgan fingerprint density at radius 2 is 2.12 bits per heavy atom. The van der Waals surface area contributed by atoms with E-state index >= 15 is 0 Å². The molecular weight excluding hydrogens is 345 g/mol. The van der Waals surface area contributed by atoms with Crippen LogP contribution in [-0.4, -0.2) is 16.7 Å². The Bertz CT molecular complexity index is 946. The van der Waals surface area contributed by atoms with Crippen LogP contribution in [0.2, 0.25) is 5.02 Å². The van der Waals surface area contributed by atoms with Crippen molar-refractivity contribution in [3.63, 3.8) is 0 Å². The van der Waals surface area contributed by atoms with Gasteiger partial charge < -0.3 is 8.98 Å². The maximum absolute atomic E-state index is 13.4. The van der Waals surface area contributed by atoms with Gasteiger partial charge in [0.05, 0.1) is 17.5 Å². The van der Waals surface area contributed by atoms with Gasteiger partial charge in [-0.25, -0.2) is 9.82 Å². The molecule has 2 heterocycles. The van der Waals surface area contributed by atoms with E-state index in [2.05, 4.69) is 10.5 Å². The number of nitrogens with one attached hydrogen (secondary N) is 1. The number of hydrogen-bond acceptors (Lipinski definition) is 3. The van der Waals surface area contributed by atoms with E-state index in [-0.39, 0.29) is 10.8 Å². The summed E-state index contributed by atoms with van der Waals surface area (Å²) in [5, 5.41) is 4.02. The Hall–Kier alpha value is -2.86. The Morgan fingerprint density at radius 3 is 2.80 bits per heavy atom. The lowest BCUT2D eigenvalue weighted by atomic mass is 10.2. The van der Waals surface area contributed by atoms with E-state index in [1.165, 1.54) is 12.3 Å². The summed E-state index contributed by atoms with van der Waals surface area (Å²) in [6.07, 6.45) is 2.96. The molecule has 0 spiro atoms. The first-order chi connectivity index (χ1) is 12.0. The predicted molar refractivity (Wildman–Crippen MR) is 94.0 cm³/mol. The van der Waals surface area contributed by atoms with Gasteiger partial charge in [-0.05, 0) is 50.2 Å². The van der Waals surface area contributed by atoms with Crippen LogP contribution in [0.1, 0.15) is 27.5 Å². The van der Waals surface area contributed by atoms with Gasteiger partial charge in [-0.3, -0.25) is 4.79 Å². The molecule has 1 aromatic carbocycles. The number of carbonyl (C=O) groups is 1. The molecule has 0 atom stereocenters. The molecule has 0 unspecified atom stereocenters. The smallest absolute Gasteiger partial charge is 0.307 e. The maximum Gasteiger partial charge on any atom is 0.307 e. The number of aromatic nitrogens is 1.